The molecule has 0 aliphatic heterocycles. The third kappa shape index (κ3) is 6.69. The Bertz CT molecular complexity index is 306. The van der Waals surface area contributed by atoms with Crippen molar-refractivity contribution in [2.45, 2.75) is 13.0 Å². The van der Waals surface area contributed by atoms with Gasteiger partial charge >= 0.3 is 12.1 Å². The summed E-state index contributed by atoms with van der Waals surface area (Å²) in [7, 11) is 4.71. The van der Waals surface area contributed by atoms with Crippen LogP contribution in [0, 0.1) is 0 Å². The first kappa shape index (κ1) is 16.2. The lowest BCUT2D eigenvalue weighted by Crippen LogP contribution is -2.49. The fourth-order valence-corrected chi connectivity index (χ4v) is 0.992. The van der Waals surface area contributed by atoms with Crippen LogP contribution in [0.3, 0.4) is 0 Å². The third-order valence-electron chi connectivity index (χ3n) is 2.12. The van der Waals surface area contributed by atoms with Gasteiger partial charge in [-0.3, -0.25) is 10.1 Å². The number of rotatable bonds is 5. The van der Waals surface area contributed by atoms with Crippen molar-refractivity contribution in [2.75, 3.05) is 34.2 Å². The summed E-state index contributed by atoms with van der Waals surface area (Å²) < 4.78 is 0. The van der Waals surface area contributed by atoms with Crippen molar-refractivity contribution in [2.24, 2.45) is 0 Å². The standard InChI is InChI=1S/C10H21N5O3/c1-7(8(16)14-9(17)11-2)12-5-6-13-10(18)15(3)4/h7,12H,5-6H2,1-4H3,(H,13,18)(H2,11,14,16,17). The molecule has 0 fully saturated rings. The van der Waals surface area contributed by atoms with Gasteiger partial charge in [-0.15, -0.1) is 0 Å². The summed E-state index contributed by atoms with van der Waals surface area (Å²) >= 11 is 0. The number of carbonyl (C=O) groups is 3. The van der Waals surface area contributed by atoms with Crippen molar-refractivity contribution in [1.82, 2.24) is 26.2 Å². The molecule has 0 heterocycles. The molecular formula is C10H21N5O3. The Morgan fingerprint density at radius 2 is 1.78 bits per heavy atom. The molecule has 4 N–H and O–H groups in total. The number of carbonyl (C=O) groups excluding carboxylic acids is 3. The Labute approximate surface area is 106 Å². The molecule has 1 atom stereocenters. The Hall–Kier alpha value is -1.83. The van der Waals surface area contributed by atoms with Crippen LogP contribution in [0.15, 0.2) is 0 Å². The van der Waals surface area contributed by atoms with E-state index in [-0.39, 0.29) is 6.03 Å². The highest BCUT2D eigenvalue weighted by atomic mass is 16.2. The molecule has 0 aromatic heterocycles. The molecular weight excluding hydrogens is 238 g/mol. The second kappa shape index (κ2) is 8.29. The van der Waals surface area contributed by atoms with Crippen LogP contribution in [0.2, 0.25) is 0 Å². The zero-order chi connectivity index (χ0) is 14.1. The van der Waals surface area contributed by atoms with Crippen LogP contribution in [0.5, 0.6) is 0 Å². The summed E-state index contributed by atoms with van der Waals surface area (Å²) in [5, 5.41) is 9.96. The smallest absolute Gasteiger partial charge is 0.321 e. The van der Waals surface area contributed by atoms with Crippen molar-refractivity contribution in [3.05, 3.63) is 0 Å². The fraction of sp³-hybridized carbons (Fsp3) is 0.700. The van der Waals surface area contributed by atoms with Gasteiger partial charge in [0.05, 0.1) is 6.04 Å². The van der Waals surface area contributed by atoms with Crippen molar-refractivity contribution in [3.8, 4) is 0 Å². The van der Waals surface area contributed by atoms with E-state index in [1.807, 2.05) is 0 Å². The highest BCUT2D eigenvalue weighted by molar-refractivity contribution is 5.96. The zero-order valence-corrected chi connectivity index (χ0v) is 11.2. The first-order chi connectivity index (χ1) is 8.38. The number of imide groups is 1. The molecule has 104 valence electrons. The maximum Gasteiger partial charge on any atom is 0.321 e. The largest absolute Gasteiger partial charge is 0.341 e. The SMILES string of the molecule is CNC(=O)NC(=O)C(C)NCCNC(=O)N(C)C. The van der Waals surface area contributed by atoms with Crippen LogP contribution in [0.4, 0.5) is 9.59 Å². The monoisotopic (exact) mass is 259 g/mol. The van der Waals surface area contributed by atoms with E-state index in [1.54, 1.807) is 21.0 Å². The lowest BCUT2D eigenvalue weighted by atomic mass is 10.3. The molecule has 0 aromatic rings. The molecule has 0 aromatic carbocycles. The highest BCUT2D eigenvalue weighted by Crippen LogP contribution is 1.81. The van der Waals surface area contributed by atoms with E-state index in [0.717, 1.165) is 0 Å². The number of hydrogen-bond acceptors (Lipinski definition) is 4. The Morgan fingerprint density at radius 3 is 2.28 bits per heavy atom. The summed E-state index contributed by atoms with van der Waals surface area (Å²) in [5.74, 6) is -0.423. The van der Waals surface area contributed by atoms with Gasteiger partial charge in [-0.25, -0.2) is 9.59 Å². The quantitative estimate of drug-likeness (QED) is 0.460. The first-order valence-corrected chi connectivity index (χ1v) is 5.59. The normalized spacial score (nSPS) is 11.3. The summed E-state index contributed by atoms with van der Waals surface area (Å²) in [5.41, 5.74) is 0. The molecule has 0 saturated carbocycles. The molecule has 0 aliphatic carbocycles. The minimum absolute atomic E-state index is 0.195. The topological polar surface area (TPSA) is 103 Å². The zero-order valence-electron chi connectivity index (χ0n) is 11.2. The van der Waals surface area contributed by atoms with Gasteiger partial charge in [-0.1, -0.05) is 0 Å². The van der Waals surface area contributed by atoms with Crippen LogP contribution in [0.25, 0.3) is 0 Å². The summed E-state index contributed by atoms with van der Waals surface area (Å²) in [6.07, 6.45) is 0. The summed E-state index contributed by atoms with van der Waals surface area (Å²) in [4.78, 5) is 34.9. The predicted molar refractivity (Wildman–Crippen MR) is 67.1 cm³/mol. The Balaban J connectivity index is 3.76. The van der Waals surface area contributed by atoms with Gasteiger partial charge in [0.25, 0.3) is 0 Å². The van der Waals surface area contributed by atoms with E-state index in [9.17, 15) is 14.4 Å². The van der Waals surface area contributed by atoms with Gasteiger partial charge in [0, 0.05) is 34.2 Å². The van der Waals surface area contributed by atoms with E-state index in [1.165, 1.54) is 11.9 Å². The van der Waals surface area contributed by atoms with Crippen molar-refractivity contribution < 1.29 is 14.4 Å². The van der Waals surface area contributed by atoms with Gasteiger partial charge in [0.15, 0.2) is 0 Å². The van der Waals surface area contributed by atoms with E-state index >= 15 is 0 Å². The Kier molecular flexibility index (Phi) is 7.45. The first-order valence-electron chi connectivity index (χ1n) is 5.59. The molecule has 8 nitrogen and oxygen atoms in total. The summed E-state index contributed by atoms with van der Waals surface area (Å²) in [6.45, 7) is 2.46. The maximum atomic E-state index is 11.4. The number of hydrogen-bond donors (Lipinski definition) is 4. The molecule has 0 bridgehead atoms. The highest BCUT2D eigenvalue weighted by Gasteiger charge is 2.14. The predicted octanol–water partition coefficient (Wildman–Crippen LogP) is -1.31. The van der Waals surface area contributed by atoms with Crippen LogP contribution in [-0.4, -0.2) is 63.1 Å². The number of nitrogens with zero attached hydrogens (tertiary/aromatic N) is 1. The fourth-order valence-electron chi connectivity index (χ4n) is 0.992. The van der Waals surface area contributed by atoms with E-state index in [2.05, 4.69) is 21.3 Å². The molecule has 5 amide bonds. The number of amides is 5. The molecule has 0 saturated heterocycles. The van der Waals surface area contributed by atoms with Gasteiger partial charge in [-0.2, -0.15) is 0 Å². The van der Waals surface area contributed by atoms with Gasteiger partial charge in [-0.05, 0) is 6.92 Å². The Morgan fingerprint density at radius 1 is 1.17 bits per heavy atom. The molecule has 8 heteroatoms. The lowest BCUT2D eigenvalue weighted by molar-refractivity contribution is -0.121. The van der Waals surface area contributed by atoms with Crippen molar-refractivity contribution >= 4 is 18.0 Å². The van der Waals surface area contributed by atoms with E-state index < -0.39 is 18.0 Å². The third-order valence-corrected chi connectivity index (χ3v) is 2.12. The minimum atomic E-state index is -0.547. The van der Waals surface area contributed by atoms with Crippen molar-refractivity contribution in [3.63, 3.8) is 0 Å². The minimum Gasteiger partial charge on any atom is -0.341 e. The lowest BCUT2D eigenvalue weighted by Gasteiger charge is -2.15. The number of nitrogens with one attached hydrogen (secondary N) is 4. The van der Waals surface area contributed by atoms with E-state index in [0.29, 0.717) is 13.1 Å². The van der Waals surface area contributed by atoms with E-state index in [4.69, 9.17) is 0 Å². The molecule has 0 aliphatic rings. The average molecular weight is 259 g/mol. The van der Waals surface area contributed by atoms with Crippen LogP contribution in [-0.2, 0) is 4.79 Å². The maximum absolute atomic E-state index is 11.4. The van der Waals surface area contributed by atoms with Gasteiger partial charge in [0.2, 0.25) is 5.91 Å². The van der Waals surface area contributed by atoms with Crippen molar-refractivity contribution in [1.29, 1.82) is 0 Å². The molecule has 0 spiro atoms. The average Bonchev–Trinajstić information content (AvgIpc) is 2.33. The molecule has 0 radical (unpaired) electrons. The second-order valence-electron chi connectivity index (χ2n) is 3.87. The molecule has 1 unspecified atom stereocenters. The van der Waals surface area contributed by atoms with Crippen LogP contribution in [0.1, 0.15) is 6.92 Å². The number of urea groups is 2. The van der Waals surface area contributed by atoms with Crippen LogP contribution >= 0.6 is 0 Å². The van der Waals surface area contributed by atoms with Gasteiger partial charge in [0.1, 0.15) is 0 Å². The summed E-state index contributed by atoms with van der Waals surface area (Å²) in [6, 6.07) is -1.26. The van der Waals surface area contributed by atoms with Crippen LogP contribution < -0.4 is 21.3 Å². The van der Waals surface area contributed by atoms with Gasteiger partial charge < -0.3 is 20.9 Å². The second-order valence-corrected chi connectivity index (χ2v) is 3.87. The molecule has 0 rings (SSSR count). The molecule has 18 heavy (non-hydrogen) atoms.